The number of hydrogen-bond acceptors (Lipinski definition) is 3. The van der Waals surface area contributed by atoms with E-state index in [1.165, 1.54) is 0 Å². The summed E-state index contributed by atoms with van der Waals surface area (Å²) < 4.78 is 6.87. The molecule has 0 heterocycles. The highest BCUT2D eigenvalue weighted by molar-refractivity contribution is 9.10. The Balaban J connectivity index is 2.51. The van der Waals surface area contributed by atoms with Crippen LogP contribution >= 0.6 is 15.9 Å². The summed E-state index contributed by atoms with van der Waals surface area (Å²) in [5, 5.41) is 12.1. The average molecular weight is 325 g/mol. The maximum atomic E-state index is 8.95. The van der Waals surface area contributed by atoms with Crippen molar-refractivity contribution in [3.63, 3.8) is 0 Å². The van der Waals surface area contributed by atoms with Crippen LogP contribution in [0.15, 0.2) is 22.7 Å². The van der Waals surface area contributed by atoms with Crippen LogP contribution in [0.1, 0.15) is 32.3 Å². The van der Waals surface area contributed by atoms with E-state index < -0.39 is 0 Å². The van der Waals surface area contributed by atoms with Gasteiger partial charge in [0.05, 0.1) is 18.1 Å². The fraction of sp³-hybridized carbons (Fsp3) is 0.533. The lowest BCUT2D eigenvalue weighted by atomic mass is 9.90. The number of nitrogens with one attached hydrogen (secondary N) is 1. The van der Waals surface area contributed by atoms with Gasteiger partial charge in [0.1, 0.15) is 5.75 Å². The van der Waals surface area contributed by atoms with Crippen molar-refractivity contribution in [2.45, 2.75) is 33.2 Å². The van der Waals surface area contributed by atoms with E-state index in [0.29, 0.717) is 6.61 Å². The normalized spacial score (nSPS) is 11.1. The second-order valence-electron chi connectivity index (χ2n) is 5.23. The van der Waals surface area contributed by atoms with Crippen LogP contribution < -0.4 is 10.1 Å². The second kappa shape index (κ2) is 7.52. The van der Waals surface area contributed by atoms with E-state index in [-0.39, 0.29) is 5.41 Å². The Morgan fingerprint density at radius 1 is 1.42 bits per heavy atom. The van der Waals surface area contributed by atoms with Gasteiger partial charge in [-0.1, -0.05) is 15.9 Å². The summed E-state index contributed by atoms with van der Waals surface area (Å²) in [6.45, 7) is 5.33. The topological polar surface area (TPSA) is 45.0 Å². The molecule has 0 spiro atoms. The van der Waals surface area contributed by atoms with E-state index >= 15 is 0 Å². The zero-order chi connectivity index (χ0) is 14.3. The van der Waals surface area contributed by atoms with Crippen LogP contribution in [0, 0.1) is 16.7 Å². The largest absolute Gasteiger partial charge is 0.493 e. The highest BCUT2D eigenvalue weighted by atomic mass is 79.9. The molecule has 1 rings (SSSR count). The Bertz CT molecular complexity index is 452. The van der Waals surface area contributed by atoms with Crippen molar-refractivity contribution in [2.75, 3.05) is 13.7 Å². The number of halogens is 1. The molecule has 0 atom stereocenters. The van der Waals surface area contributed by atoms with Crippen molar-refractivity contribution < 1.29 is 4.74 Å². The predicted octanol–water partition coefficient (Wildman–Crippen LogP) is 3.88. The minimum Gasteiger partial charge on any atom is -0.493 e. The van der Waals surface area contributed by atoms with Crippen LogP contribution in [0.5, 0.6) is 5.75 Å². The predicted molar refractivity (Wildman–Crippen MR) is 81.0 cm³/mol. The van der Waals surface area contributed by atoms with Gasteiger partial charge >= 0.3 is 0 Å². The van der Waals surface area contributed by atoms with Gasteiger partial charge in [0.15, 0.2) is 0 Å². The van der Waals surface area contributed by atoms with Gasteiger partial charge in [-0.25, -0.2) is 0 Å². The van der Waals surface area contributed by atoms with Crippen molar-refractivity contribution in [1.82, 2.24) is 5.32 Å². The van der Waals surface area contributed by atoms with E-state index in [0.717, 1.165) is 35.2 Å². The average Bonchev–Trinajstić information content (AvgIpc) is 2.37. The summed E-state index contributed by atoms with van der Waals surface area (Å²) in [4.78, 5) is 0. The molecule has 0 unspecified atom stereocenters. The first-order valence-electron chi connectivity index (χ1n) is 6.45. The minimum atomic E-state index is -0.267. The molecular formula is C15H21BrN2O. The Morgan fingerprint density at radius 3 is 2.79 bits per heavy atom. The number of rotatable bonds is 7. The van der Waals surface area contributed by atoms with Crippen LogP contribution in [-0.4, -0.2) is 13.7 Å². The first-order valence-corrected chi connectivity index (χ1v) is 7.25. The SMILES string of the molecule is CNCc1cc(Br)ccc1OCCCC(C)(C)C#N. The molecule has 4 heteroatoms. The summed E-state index contributed by atoms with van der Waals surface area (Å²) in [5.41, 5.74) is 0.869. The lowest BCUT2D eigenvalue weighted by Crippen LogP contribution is -2.11. The van der Waals surface area contributed by atoms with E-state index in [2.05, 4.69) is 33.4 Å². The van der Waals surface area contributed by atoms with Crippen molar-refractivity contribution in [1.29, 1.82) is 5.26 Å². The quantitative estimate of drug-likeness (QED) is 0.774. The zero-order valence-corrected chi connectivity index (χ0v) is 13.4. The van der Waals surface area contributed by atoms with Crippen LogP contribution in [0.2, 0.25) is 0 Å². The van der Waals surface area contributed by atoms with Crippen molar-refractivity contribution in [2.24, 2.45) is 5.41 Å². The van der Waals surface area contributed by atoms with Gasteiger partial charge in [0.2, 0.25) is 0 Å². The molecule has 0 aliphatic heterocycles. The number of nitrogens with zero attached hydrogens (tertiary/aromatic N) is 1. The van der Waals surface area contributed by atoms with E-state index in [1.807, 2.05) is 33.0 Å². The van der Waals surface area contributed by atoms with Crippen molar-refractivity contribution in [3.05, 3.63) is 28.2 Å². The van der Waals surface area contributed by atoms with Gasteiger partial charge in [-0.15, -0.1) is 0 Å². The van der Waals surface area contributed by atoms with Gasteiger partial charge in [-0.05, 0) is 51.9 Å². The third-order valence-electron chi connectivity index (χ3n) is 2.90. The highest BCUT2D eigenvalue weighted by Crippen LogP contribution is 2.25. The Hall–Kier alpha value is -1.05. The summed E-state index contributed by atoms with van der Waals surface area (Å²) in [6, 6.07) is 8.33. The smallest absolute Gasteiger partial charge is 0.123 e. The minimum absolute atomic E-state index is 0.267. The van der Waals surface area contributed by atoms with E-state index in [9.17, 15) is 0 Å². The van der Waals surface area contributed by atoms with Gasteiger partial charge < -0.3 is 10.1 Å². The monoisotopic (exact) mass is 324 g/mol. The van der Waals surface area contributed by atoms with E-state index in [4.69, 9.17) is 10.00 Å². The number of ether oxygens (including phenoxy) is 1. The van der Waals surface area contributed by atoms with Gasteiger partial charge in [-0.2, -0.15) is 5.26 Å². The number of benzene rings is 1. The van der Waals surface area contributed by atoms with E-state index in [1.54, 1.807) is 0 Å². The lowest BCUT2D eigenvalue weighted by Gasteiger charge is -2.16. The molecule has 104 valence electrons. The number of nitriles is 1. The first-order chi connectivity index (χ1) is 8.98. The molecule has 0 radical (unpaired) electrons. The fourth-order valence-electron chi connectivity index (χ4n) is 1.77. The molecule has 0 amide bonds. The zero-order valence-electron chi connectivity index (χ0n) is 11.8. The number of hydrogen-bond donors (Lipinski definition) is 1. The second-order valence-corrected chi connectivity index (χ2v) is 6.15. The maximum absolute atomic E-state index is 8.95. The molecule has 0 fully saturated rings. The Kier molecular flexibility index (Phi) is 6.33. The molecular weight excluding hydrogens is 304 g/mol. The Morgan fingerprint density at radius 2 is 2.16 bits per heavy atom. The molecule has 0 aliphatic carbocycles. The standard InChI is InChI=1S/C15H21BrN2O/c1-15(2,11-17)7-4-8-19-14-6-5-13(16)9-12(14)10-18-3/h5-6,9,18H,4,7-8,10H2,1-3H3. The molecule has 0 aromatic heterocycles. The van der Waals surface area contributed by atoms with Crippen molar-refractivity contribution in [3.8, 4) is 11.8 Å². The van der Waals surface area contributed by atoms with Crippen LogP contribution in [0.25, 0.3) is 0 Å². The van der Waals surface area contributed by atoms with Crippen LogP contribution in [0.3, 0.4) is 0 Å². The highest BCUT2D eigenvalue weighted by Gasteiger charge is 2.15. The third-order valence-corrected chi connectivity index (χ3v) is 3.39. The molecule has 1 aromatic carbocycles. The molecule has 1 N–H and O–H groups in total. The van der Waals surface area contributed by atoms with Gasteiger partial charge in [-0.3, -0.25) is 0 Å². The van der Waals surface area contributed by atoms with Crippen LogP contribution in [-0.2, 0) is 6.54 Å². The first kappa shape index (κ1) is 16.0. The van der Waals surface area contributed by atoms with Crippen LogP contribution in [0.4, 0.5) is 0 Å². The van der Waals surface area contributed by atoms with Gasteiger partial charge in [0, 0.05) is 16.6 Å². The molecule has 19 heavy (non-hydrogen) atoms. The molecule has 0 saturated carbocycles. The molecule has 0 aliphatic rings. The molecule has 0 bridgehead atoms. The Labute approximate surface area is 124 Å². The molecule has 0 saturated heterocycles. The third kappa shape index (κ3) is 5.63. The summed E-state index contributed by atoms with van der Waals surface area (Å²) in [6.07, 6.45) is 1.73. The fourth-order valence-corrected chi connectivity index (χ4v) is 2.18. The summed E-state index contributed by atoms with van der Waals surface area (Å²) in [7, 11) is 1.92. The molecule has 3 nitrogen and oxygen atoms in total. The maximum Gasteiger partial charge on any atom is 0.123 e. The summed E-state index contributed by atoms with van der Waals surface area (Å²) >= 11 is 3.46. The summed E-state index contributed by atoms with van der Waals surface area (Å²) in [5.74, 6) is 0.910. The van der Waals surface area contributed by atoms with Crippen molar-refractivity contribution >= 4 is 15.9 Å². The molecule has 1 aromatic rings. The lowest BCUT2D eigenvalue weighted by molar-refractivity contribution is 0.281. The van der Waals surface area contributed by atoms with Gasteiger partial charge in [0.25, 0.3) is 0 Å².